The lowest BCUT2D eigenvalue weighted by molar-refractivity contribution is -0.385. The van der Waals surface area contributed by atoms with Gasteiger partial charge >= 0.3 is 5.69 Å². The average Bonchev–Trinajstić information content (AvgIpc) is 2.16. The van der Waals surface area contributed by atoms with E-state index in [0.29, 0.717) is 5.56 Å². The molecule has 0 atom stereocenters. The molecule has 0 fully saturated rings. The van der Waals surface area contributed by atoms with Crippen LogP contribution in [0.4, 0.5) is 5.69 Å². The van der Waals surface area contributed by atoms with Crippen molar-refractivity contribution in [1.29, 1.82) is 0 Å². The van der Waals surface area contributed by atoms with Crippen molar-refractivity contribution in [2.75, 3.05) is 7.11 Å². The summed E-state index contributed by atoms with van der Waals surface area (Å²) in [5, 5.41) is 19.3. The van der Waals surface area contributed by atoms with Gasteiger partial charge in [-0.2, -0.15) is 0 Å². The van der Waals surface area contributed by atoms with E-state index < -0.39 is 4.92 Å². The lowest BCUT2D eigenvalue weighted by atomic mass is 10.2. The van der Waals surface area contributed by atoms with Gasteiger partial charge in [-0.25, -0.2) is 0 Å². The van der Waals surface area contributed by atoms with E-state index in [0.717, 1.165) is 0 Å². The van der Waals surface area contributed by atoms with Crippen LogP contribution in [0.2, 0.25) is 0 Å². The lowest BCUT2D eigenvalue weighted by Crippen LogP contribution is -1.97. The van der Waals surface area contributed by atoms with Crippen LogP contribution < -0.4 is 4.74 Å². The fraction of sp³-hybridized carbons (Fsp3) is 0.250. The second kappa shape index (κ2) is 3.86. The summed E-state index contributed by atoms with van der Waals surface area (Å²) in [6, 6.07) is 4.41. The van der Waals surface area contributed by atoms with E-state index in [4.69, 9.17) is 9.84 Å². The van der Waals surface area contributed by atoms with Crippen molar-refractivity contribution in [2.24, 2.45) is 0 Å². The monoisotopic (exact) mass is 183 g/mol. The molecule has 0 spiro atoms. The molecule has 0 aromatic heterocycles. The third-order valence-electron chi connectivity index (χ3n) is 1.65. The van der Waals surface area contributed by atoms with Gasteiger partial charge in [0.25, 0.3) is 0 Å². The molecular weight excluding hydrogens is 174 g/mol. The summed E-state index contributed by atoms with van der Waals surface area (Å²) in [4.78, 5) is 9.95. The van der Waals surface area contributed by atoms with E-state index in [1.165, 1.54) is 19.2 Å². The van der Waals surface area contributed by atoms with Gasteiger partial charge in [0, 0.05) is 11.6 Å². The number of ether oxygens (including phenoxy) is 1. The van der Waals surface area contributed by atoms with Crippen molar-refractivity contribution in [3.8, 4) is 5.75 Å². The van der Waals surface area contributed by atoms with Gasteiger partial charge in [-0.05, 0) is 0 Å². The lowest BCUT2D eigenvalue weighted by Gasteiger charge is -2.05. The summed E-state index contributed by atoms with van der Waals surface area (Å²) < 4.78 is 4.83. The Labute approximate surface area is 74.7 Å². The third-order valence-corrected chi connectivity index (χ3v) is 1.65. The molecule has 5 heteroatoms. The van der Waals surface area contributed by atoms with Gasteiger partial charge in [-0.15, -0.1) is 0 Å². The van der Waals surface area contributed by atoms with Crippen molar-refractivity contribution in [3.63, 3.8) is 0 Å². The molecule has 13 heavy (non-hydrogen) atoms. The molecule has 1 rings (SSSR count). The first-order chi connectivity index (χ1) is 6.20. The van der Waals surface area contributed by atoms with E-state index in [9.17, 15) is 10.1 Å². The first-order valence-electron chi connectivity index (χ1n) is 3.61. The molecule has 5 nitrogen and oxygen atoms in total. The van der Waals surface area contributed by atoms with Gasteiger partial charge in [-0.1, -0.05) is 12.1 Å². The molecule has 1 aromatic carbocycles. The molecule has 0 aliphatic carbocycles. The standard InChI is InChI=1S/C8H9NO4/c1-13-8-6(5-10)3-2-4-7(8)9(11)12/h2-4,10H,5H2,1H3. The number of methoxy groups -OCH3 is 1. The number of aliphatic hydroxyl groups excluding tert-OH is 1. The van der Waals surface area contributed by atoms with Crippen molar-refractivity contribution < 1.29 is 14.8 Å². The summed E-state index contributed by atoms with van der Waals surface area (Å²) in [6.07, 6.45) is 0. The maximum absolute atomic E-state index is 10.5. The quantitative estimate of drug-likeness (QED) is 0.562. The SMILES string of the molecule is COc1c(CO)cccc1[N+](=O)[O-]. The zero-order valence-electron chi connectivity index (χ0n) is 7.06. The van der Waals surface area contributed by atoms with Crippen LogP contribution in [0.15, 0.2) is 18.2 Å². The molecule has 0 bridgehead atoms. The molecule has 0 heterocycles. The van der Waals surface area contributed by atoms with Crippen molar-refractivity contribution in [2.45, 2.75) is 6.61 Å². The predicted molar refractivity (Wildman–Crippen MR) is 45.6 cm³/mol. The van der Waals surface area contributed by atoms with Crippen LogP contribution in [0, 0.1) is 10.1 Å². The Kier molecular flexibility index (Phi) is 2.81. The second-order valence-corrected chi connectivity index (χ2v) is 2.38. The van der Waals surface area contributed by atoms with Crippen molar-refractivity contribution in [3.05, 3.63) is 33.9 Å². The number of nitro benzene ring substituents is 1. The molecule has 0 radical (unpaired) electrons. The van der Waals surface area contributed by atoms with Gasteiger partial charge in [0.1, 0.15) is 0 Å². The Balaban J connectivity index is 3.27. The number of rotatable bonds is 3. The predicted octanol–water partition coefficient (Wildman–Crippen LogP) is 1.10. The summed E-state index contributed by atoms with van der Waals surface area (Å²) in [5.74, 6) is 0.120. The van der Waals surface area contributed by atoms with Crippen LogP contribution >= 0.6 is 0 Å². The molecule has 1 aromatic rings. The Morgan fingerprint density at radius 3 is 2.77 bits per heavy atom. The third kappa shape index (κ3) is 1.75. The topological polar surface area (TPSA) is 72.6 Å². The van der Waals surface area contributed by atoms with E-state index in [2.05, 4.69) is 0 Å². The van der Waals surface area contributed by atoms with Crippen molar-refractivity contribution >= 4 is 5.69 Å². The Bertz CT molecular complexity index is 324. The van der Waals surface area contributed by atoms with E-state index >= 15 is 0 Å². The number of nitrogens with zero attached hydrogens (tertiary/aromatic N) is 1. The second-order valence-electron chi connectivity index (χ2n) is 2.38. The van der Waals surface area contributed by atoms with Crippen LogP contribution in [0.25, 0.3) is 0 Å². The van der Waals surface area contributed by atoms with Crippen LogP contribution in [-0.4, -0.2) is 17.1 Å². The molecule has 0 saturated carbocycles. The minimum Gasteiger partial charge on any atom is -0.490 e. The molecule has 0 aliphatic heterocycles. The van der Waals surface area contributed by atoms with Gasteiger partial charge in [-0.3, -0.25) is 10.1 Å². The van der Waals surface area contributed by atoms with Crippen LogP contribution in [-0.2, 0) is 6.61 Å². The highest BCUT2D eigenvalue weighted by Crippen LogP contribution is 2.30. The fourth-order valence-electron chi connectivity index (χ4n) is 1.08. The maximum Gasteiger partial charge on any atom is 0.311 e. The average molecular weight is 183 g/mol. The highest BCUT2D eigenvalue weighted by Gasteiger charge is 2.16. The molecular formula is C8H9NO4. The maximum atomic E-state index is 10.5. The number of aliphatic hydroxyl groups is 1. The van der Waals surface area contributed by atoms with Gasteiger partial charge in [0.2, 0.25) is 5.75 Å². The van der Waals surface area contributed by atoms with Crippen LogP contribution in [0.3, 0.4) is 0 Å². The Hall–Kier alpha value is -1.62. The molecule has 0 amide bonds. The minimum absolute atomic E-state index is 0.120. The van der Waals surface area contributed by atoms with E-state index in [-0.39, 0.29) is 18.0 Å². The number of benzene rings is 1. The highest BCUT2D eigenvalue weighted by atomic mass is 16.6. The van der Waals surface area contributed by atoms with Gasteiger partial charge in [0.05, 0.1) is 18.6 Å². The number of hydrogen-bond acceptors (Lipinski definition) is 4. The first-order valence-corrected chi connectivity index (χ1v) is 3.61. The van der Waals surface area contributed by atoms with E-state index in [1.54, 1.807) is 6.07 Å². The minimum atomic E-state index is -0.544. The van der Waals surface area contributed by atoms with Crippen LogP contribution in [0.5, 0.6) is 5.75 Å². The number of nitro groups is 1. The molecule has 0 aliphatic rings. The first kappa shape index (κ1) is 9.47. The zero-order chi connectivity index (χ0) is 9.84. The molecule has 70 valence electrons. The van der Waals surface area contributed by atoms with Crippen LogP contribution in [0.1, 0.15) is 5.56 Å². The zero-order valence-corrected chi connectivity index (χ0v) is 7.06. The summed E-state index contributed by atoms with van der Waals surface area (Å²) in [5.41, 5.74) is 0.283. The number of para-hydroxylation sites is 1. The Morgan fingerprint density at radius 1 is 1.62 bits per heavy atom. The largest absolute Gasteiger partial charge is 0.490 e. The summed E-state index contributed by atoms with van der Waals surface area (Å²) >= 11 is 0. The summed E-state index contributed by atoms with van der Waals surface area (Å²) in [6.45, 7) is -0.273. The Morgan fingerprint density at radius 2 is 2.31 bits per heavy atom. The normalized spacial score (nSPS) is 9.69. The fourth-order valence-corrected chi connectivity index (χ4v) is 1.08. The van der Waals surface area contributed by atoms with Gasteiger partial charge < -0.3 is 9.84 Å². The molecule has 0 unspecified atom stereocenters. The highest BCUT2D eigenvalue weighted by molar-refractivity contribution is 5.51. The summed E-state index contributed by atoms with van der Waals surface area (Å²) in [7, 11) is 1.33. The smallest absolute Gasteiger partial charge is 0.311 e. The van der Waals surface area contributed by atoms with Gasteiger partial charge in [0.15, 0.2) is 0 Å². The van der Waals surface area contributed by atoms with Crippen molar-refractivity contribution in [1.82, 2.24) is 0 Å². The molecule has 0 saturated heterocycles. The van der Waals surface area contributed by atoms with E-state index in [1.807, 2.05) is 0 Å². The molecule has 1 N–H and O–H groups in total. The number of hydrogen-bond donors (Lipinski definition) is 1.